The van der Waals surface area contributed by atoms with Crippen molar-refractivity contribution in [2.45, 2.75) is 34.6 Å². The summed E-state index contributed by atoms with van der Waals surface area (Å²) in [5.74, 6) is 1.81. The van der Waals surface area contributed by atoms with Crippen LogP contribution in [0.4, 0.5) is 5.69 Å². The topological polar surface area (TPSA) is 42.0 Å². The lowest BCUT2D eigenvalue weighted by Gasteiger charge is -2.37. The molecule has 0 atom stereocenters. The molecular weight excluding hydrogens is 376 g/mol. The number of piperazine rings is 1. The Morgan fingerprint density at radius 3 is 2.40 bits per heavy atom. The van der Waals surface area contributed by atoms with E-state index < -0.39 is 0 Å². The van der Waals surface area contributed by atoms with Crippen LogP contribution in [0.3, 0.4) is 0 Å². The van der Waals surface area contributed by atoms with Crippen LogP contribution in [0.2, 0.25) is 0 Å². The van der Waals surface area contributed by atoms with Crippen molar-refractivity contribution < 1.29 is 14.3 Å². The van der Waals surface area contributed by atoms with E-state index in [2.05, 4.69) is 50.8 Å². The SMILES string of the molecule is CCOc1cc(C(=O)N2CCN(c3cccc(C)c3C)CC2)ccc1OCC(C)C. The minimum atomic E-state index is 0.0481. The lowest BCUT2D eigenvalue weighted by atomic mass is 10.1. The first-order valence-electron chi connectivity index (χ1n) is 10.9. The zero-order valence-electron chi connectivity index (χ0n) is 18.9. The highest BCUT2D eigenvalue weighted by molar-refractivity contribution is 5.95. The fraction of sp³-hybridized carbons (Fsp3) is 0.480. The van der Waals surface area contributed by atoms with Crippen molar-refractivity contribution in [1.29, 1.82) is 0 Å². The number of nitrogens with zero attached hydrogens (tertiary/aromatic N) is 2. The highest BCUT2D eigenvalue weighted by atomic mass is 16.5. The molecule has 5 heteroatoms. The van der Waals surface area contributed by atoms with Crippen LogP contribution in [-0.2, 0) is 0 Å². The zero-order chi connectivity index (χ0) is 21.7. The van der Waals surface area contributed by atoms with Crippen molar-refractivity contribution in [3.05, 3.63) is 53.1 Å². The van der Waals surface area contributed by atoms with Crippen LogP contribution in [0.15, 0.2) is 36.4 Å². The summed E-state index contributed by atoms with van der Waals surface area (Å²) in [5, 5.41) is 0. The van der Waals surface area contributed by atoms with E-state index in [0.717, 1.165) is 13.1 Å². The summed E-state index contributed by atoms with van der Waals surface area (Å²) in [4.78, 5) is 17.4. The van der Waals surface area contributed by atoms with Gasteiger partial charge in [-0.25, -0.2) is 0 Å². The lowest BCUT2D eigenvalue weighted by Crippen LogP contribution is -2.49. The van der Waals surface area contributed by atoms with Crippen molar-refractivity contribution in [2.75, 3.05) is 44.3 Å². The molecule has 1 aliphatic heterocycles. The van der Waals surface area contributed by atoms with Gasteiger partial charge in [0.25, 0.3) is 5.91 Å². The second-order valence-electron chi connectivity index (χ2n) is 8.30. The van der Waals surface area contributed by atoms with Gasteiger partial charge < -0.3 is 19.3 Å². The van der Waals surface area contributed by atoms with Gasteiger partial charge in [-0.3, -0.25) is 4.79 Å². The zero-order valence-corrected chi connectivity index (χ0v) is 18.9. The van der Waals surface area contributed by atoms with Crippen LogP contribution < -0.4 is 14.4 Å². The van der Waals surface area contributed by atoms with E-state index in [1.165, 1.54) is 16.8 Å². The Balaban J connectivity index is 1.68. The minimum absolute atomic E-state index is 0.0481. The van der Waals surface area contributed by atoms with Gasteiger partial charge in [0.2, 0.25) is 0 Å². The molecule has 1 aliphatic rings. The van der Waals surface area contributed by atoms with E-state index in [-0.39, 0.29) is 5.91 Å². The Morgan fingerprint density at radius 1 is 1.00 bits per heavy atom. The van der Waals surface area contributed by atoms with Crippen LogP contribution >= 0.6 is 0 Å². The van der Waals surface area contributed by atoms with Crippen molar-refractivity contribution in [1.82, 2.24) is 4.90 Å². The van der Waals surface area contributed by atoms with Crippen molar-refractivity contribution in [3.63, 3.8) is 0 Å². The highest BCUT2D eigenvalue weighted by Gasteiger charge is 2.24. The van der Waals surface area contributed by atoms with Gasteiger partial charge in [0.1, 0.15) is 0 Å². The average molecular weight is 411 g/mol. The Hall–Kier alpha value is -2.69. The Bertz CT molecular complexity index is 871. The summed E-state index contributed by atoms with van der Waals surface area (Å²) in [5.41, 5.74) is 4.53. The number of ether oxygens (including phenoxy) is 2. The van der Waals surface area contributed by atoms with Gasteiger partial charge in [-0.2, -0.15) is 0 Å². The first-order valence-corrected chi connectivity index (χ1v) is 10.9. The van der Waals surface area contributed by atoms with Crippen LogP contribution in [0.5, 0.6) is 11.5 Å². The van der Waals surface area contributed by atoms with Crippen LogP contribution in [0.25, 0.3) is 0 Å². The Morgan fingerprint density at radius 2 is 1.73 bits per heavy atom. The van der Waals surface area contributed by atoms with Gasteiger partial charge in [0.15, 0.2) is 11.5 Å². The molecule has 0 aliphatic carbocycles. The van der Waals surface area contributed by atoms with Gasteiger partial charge >= 0.3 is 0 Å². The molecule has 5 nitrogen and oxygen atoms in total. The summed E-state index contributed by atoms with van der Waals surface area (Å²) in [6.45, 7) is 14.7. The number of carbonyl (C=O) groups excluding carboxylic acids is 1. The molecule has 162 valence electrons. The number of carbonyl (C=O) groups is 1. The van der Waals surface area contributed by atoms with Gasteiger partial charge in [-0.1, -0.05) is 26.0 Å². The van der Waals surface area contributed by atoms with E-state index in [0.29, 0.717) is 49.3 Å². The third kappa shape index (κ3) is 5.07. The maximum absolute atomic E-state index is 13.1. The fourth-order valence-corrected chi connectivity index (χ4v) is 3.70. The predicted molar refractivity (Wildman–Crippen MR) is 122 cm³/mol. The molecule has 1 amide bonds. The third-order valence-corrected chi connectivity index (χ3v) is 5.55. The molecule has 1 saturated heterocycles. The van der Waals surface area contributed by atoms with Gasteiger partial charge in [0, 0.05) is 37.4 Å². The smallest absolute Gasteiger partial charge is 0.254 e. The molecule has 0 bridgehead atoms. The number of hydrogen-bond donors (Lipinski definition) is 0. The lowest BCUT2D eigenvalue weighted by molar-refractivity contribution is 0.0746. The molecular formula is C25H34N2O3. The summed E-state index contributed by atoms with van der Waals surface area (Å²) in [6.07, 6.45) is 0. The highest BCUT2D eigenvalue weighted by Crippen LogP contribution is 2.30. The number of hydrogen-bond acceptors (Lipinski definition) is 4. The summed E-state index contributed by atoms with van der Waals surface area (Å²) in [7, 11) is 0. The molecule has 0 unspecified atom stereocenters. The number of rotatable bonds is 7. The quantitative estimate of drug-likeness (QED) is 0.664. The molecule has 0 aromatic heterocycles. The standard InChI is InChI=1S/C25H34N2O3/c1-6-29-24-16-21(10-11-23(24)30-17-18(2)3)25(28)27-14-12-26(13-15-27)22-9-7-8-19(4)20(22)5/h7-11,16,18H,6,12-15,17H2,1-5H3. The number of amides is 1. The van der Waals surface area contributed by atoms with E-state index in [9.17, 15) is 4.79 Å². The maximum atomic E-state index is 13.1. The van der Waals surface area contributed by atoms with Gasteiger partial charge in [-0.05, 0) is 62.1 Å². The third-order valence-electron chi connectivity index (χ3n) is 5.55. The average Bonchev–Trinajstić information content (AvgIpc) is 2.74. The van der Waals surface area contributed by atoms with E-state index in [4.69, 9.17) is 9.47 Å². The number of benzene rings is 2. The van der Waals surface area contributed by atoms with E-state index in [1.807, 2.05) is 30.0 Å². The molecule has 0 N–H and O–H groups in total. The molecule has 3 rings (SSSR count). The summed E-state index contributed by atoms with van der Waals surface area (Å²) in [6, 6.07) is 11.9. The fourth-order valence-electron chi connectivity index (χ4n) is 3.70. The summed E-state index contributed by atoms with van der Waals surface area (Å²) < 4.78 is 11.6. The van der Waals surface area contributed by atoms with Crippen LogP contribution in [0.1, 0.15) is 42.3 Å². The molecule has 0 radical (unpaired) electrons. The number of anilines is 1. The molecule has 2 aromatic rings. The Kier molecular flexibility index (Phi) is 7.24. The van der Waals surface area contributed by atoms with E-state index >= 15 is 0 Å². The van der Waals surface area contributed by atoms with Crippen molar-refractivity contribution in [2.24, 2.45) is 5.92 Å². The normalized spacial score (nSPS) is 14.2. The van der Waals surface area contributed by atoms with Crippen LogP contribution in [-0.4, -0.2) is 50.2 Å². The minimum Gasteiger partial charge on any atom is -0.490 e. The first-order chi connectivity index (χ1) is 14.4. The van der Waals surface area contributed by atoms with Crippen molar-refractivity contribution >= 4 is 11.6 Å². The van der Waals surface area contributed by atoms with Gasteiger partial charge in [-0.15, -0.1) is 0 Å². The predicted octanol–water partition coefficient (Wildman–Crippen LogP) is 4.70. The molecule has 2 aromatic carbocycles. The molecule has 0 spiro atoms. The molecule has 1 heterocycles. The first kappa shape index (κ1) is 22.0. The molecule has 30 heavy (non-hydrogen) atoms. The molecule has 0 saturated carbocycles. The van der Waals surface area contributed by atoms with Gasteiger partial charge in [0.05, 0.1) is 13.2 Å². The van der Waals surface area contributed by atoms with Crippen molar-refractivity contribution in [3.8, 4) is 11.5 Å². The largest absolute Gasteiger partial charge is 0.490 e. The maximum Gasteiger partial charge on any atom is 0.254 e. The summed E-state index contributed by atoms with van der Waals surface area (Å²) >= 11 is 0. The monoisotopic (exact) mass is 410 g/mol. The second kappa shape index (κ2) is 9.88. The Labute approximate surface area is 180 Å². The second-order valence-corrected chi connectivity index (χ2v) is 8.30. The number of aryl methyl sites for hydroxylation is 1. The van der Waals surface area contributed by atoms with E-state index in [1.54, 1.807) is 0 Å². The van der Waals surface area contributed by atoms with Crippen LogP contribution in [0, 0.1) is 19.8 Å². The molecule has 1 fully saturated rings.